The van der Waals surface area contributed by atoms with Crippen LogP contribution in [-0.4, -0.2) is 50.8 Å². The van der Waals surface area contributed by atoms with E-state index in [0.717, 1.165) is 16.5 Å². The Balaban J connectivity index is 2.48. The third-order valence-electron chi connectivity index (χ3n) is 6.69. The Morgan fingerprint density at radius 2 is 1.89 bits per heavy atom. The van der Waals surface area contributed by atoms with Gasteiger partial charge in [0.05, 0.1) is 40.3 Å². The summed E-state index contributed by atoms with van der Waals surface area (Å²) < 4.78 is 46.7. The van der Waals surface area contributed by atoms with Gasteiger partial charge in [0.1, 0.15) is 5.78 Å². The Hall–Kier alpha value is -1.95. The van der Waals surface area contributed by atoms with Crippen LogP contribution in [0.25, 0.3) is 6.08 Å². The Kier molecular flexibility index (Phi) is 11.4. The van der Waals surface area contributed by atoms with E-state index in [9.17, 15) is 33.0 Å². The minimum absolute atomic E-state index is 0.254. The lowest BCUT2D eigenvalue weighted by atomic mass is 9.73. The molecule has 38 heavy (non-hydrogen) atoms. The third-order valence-corrected chi connectivity index (χ3v) is 8.59. The summed E-state index contributed by atoms with van der Waals surface area (Å²) in [4.78, 5) is 30.3. The van der Waals surface area contributed by atoms with Crippen molar-refractivity contribution in [1.82, 2.24) is 4.98 Å². The zero-order valence-corrected chi connectivity index (χ0v) is 24.0. The van der Waals surface area contributed by atoms with Crippen LogP contribution in [0.5, 0.6) is 0 Å². The van der Waals surface area contributed by atoms with E-state index >= 15 is 0 Å². The van der Waals surface area contributed by atoms with Crippen molar-refractivity contribution in [2.75, 3.05) is 0 Å². The summed E-state index contributed by atoms with van der Waals surface area (Å²) in [5.74, 6) is -2.53. The molecule has 0 radical (unpaired) electrons. The lowest BCUT2D eigenvalue weighted by Crippen LogP contribution is -2.45. The van der Waals surface area contributed by atoms with Gasteiger partial charge in [-0.2, -0.15) is 13.2 Å². The van der Waals surface area contributed by atoms with Gasteiger partial charge in [-0.05, 0) is 49.7 Å². The van der Waals surface area contributed by atoms with E-state index in [0.29, 0.717) is 29.4 Å². The second-order valence-electron chi connectivity index (χ2n) is 10.3. The molecule has 0 aromatic carbocycles. The highest BCUT2D eigenvalue weighted by Crippen LogP contribution is 2.35. The molecule has 1 aliphatic rings. The molecule has 2 rings (SSSR count). The predicted octanol–water partition coefficient (Wildman–Crippen LogP) is 6.23. The maximum Gasteiger partial charge on any atom is 0.416 e. The van der Waals surface area contributed by atoms with Crippen molar-refractivity contribution >= 4 is 40.9 Å². The van der Waals surface area contributed by atoms with Crippen LogP contribution in [0.1, 0.15) is 64.6 Å². The Morgan fingerprint density at radius 3 is 2.47 bits per heavy atom. The molecule has 0 bridgehead atoms. The topological polar surface area (TPSA) is 96.7 Å². The number of ether oxygens (including phenoxy) is 1. The summed E-state index contributed by atoms with van der Waals surface area (Å²) >= 11 is 2.08. The van der Waals surface area contributed by atoms with E-state index < -0.39 is 58.9 Å². The van der Waals surface area contributed by atoms with E-state index in [1.807, 2.05) is 6.92 Å². The van der Waals surface area contributed by atoms with Crippen LogP contribution in [0.2, 0.25) is 0 Å². The molecule has 2 N–H and O–H groups in total. The molecule has 6 nitrogen and oxygen atoms in total. The molecule has 212 valence electrons. The molecule has 0 saturated heterocycles. The van der Waals surface area contributed by atoms with E-state index in [1.165, 1.54) is 31.3 Å². The van der Waals surface area contributed by atoms with Gasteiger partial charge in [0.25, 0.3) is 0 Å². The fourth-order valence-electron chi connectivity index (χ4n) is 4.03. The standard InChI is InChI=1S/C27H36F3NO5S2/c1-15-9-7-8-10-19(27(28,29)30)13-38-25(16(2)11-20-14-37-18(4)31-20)36-22(33)12-21(32)26(5,6)24(35)17(3)23(15)34/h8,10-11,13-15,17,21,23,25,32,34H,7,9,12H2,1-6H3/b10-8-,16-11+,19-13+/t15-,17+,21-,23-,25-/m0/s1. The Bertz CT molecular complexity index is 1080. The second-order valence-corrected chi connectivity index (χ2v) is 12.2. The first-order valence-electron chi connectivity index (χ1n) is 12.3. The van der Waals surface area contributed by atoms with Crippen LogP contribution in [0.15, 0.2) is 34.1 Å². The number of halogens is 3. The Morgan fingerprint density at radius 1 is 1.24 bits per heavy atom. The molecule has 5 atom stereocenters. The van der Waals surface area contributed by atoms with Crippen molar-refractivity contribution in [2.45, 2.75) is 84.6 Å². The largest absolute Gasteiger partial charge is 0.446 e. The number of esters is 1. The zero-order chi connectivity index (χ0) is 28.8. The van der Waals surface area contributed by atoms with Gasteiger partial charge in [0.15, 0.2) is 5.44 Å². The molecule has 1 aliphatic heterocycles. The minimum atomic E-state index is -4.64. The van der Waals surface area contributed by atoms with Crippen LogP contribution < -0.4 is 0 Å². The fraction of sp³-hybridized carbons (Fsp3) is 0.593. The van der Waals surface area contributed by atoms with Gasteiger partial charge in [0.2, 0.25) is 0 Å². The first-order chi connectivity index (χ1) is 17.5. The number of thiazole rings is 1. The highest BCUT2D eigenvalue weighted by molar-refractivity contribution is 8.02. The molecule has 1 aromatic heterocycles. The molecular formula is C27H36F3NO5S2. The number of carbonyl (C=O) groups is 2. The van der Waals surface area contributed by atoms with Gasteiger partial charge < -0.3 is 14.9 Å². The summed E-state index contributed by atoms with van der Waals surface area (Å²) in [5, 5.41) is 25.0. The van der Waals surface area contributed by atoms with Gasteiger partial charge in [-0.15, -0.1) is 11.3 Å². The van der Waals surface area contributed by atoms with Gasteiger partial charge in [-0.25, -0.2) is 4.98 Å². The number of alkyl halides is 3. The smallest absolute Gasteiger partial charge is 0.416 e. The van der Waals surface area contributed by atoms with Gasteiger partial charge in [-0.1, -0.05) is 51.6 Å². The van der Waals surface area contributed by atoms with Gasteiger partial charge in [-0.3, -0.25) is 9.59 Å². The van der Waals surface area contributed by atoms with E-state index in [1.54, 1.807) is 32.2 Å². The number of rotatable bonds is 2. The first-order valence-corrected chi connectivity index (χ1v) is 14.2. The monoisotopic (exact) mass is 575 g/mol. The maximum atomic E-state index is 13.7. The van der Waals surface area contributed by atoms with Crippen LogP contribution in [-0.2, 0) is 14.3 Å². The van der Waals surface area contributed by atoms with Crippen molar-refractivity contribution in [3.8, 4) is 0 Å². The quantitative estimate of drug-likeness (QED) is 0.404. The van der Waals surface area contributed by atoms with Crippen molar-refractivity contribution in [3.05, 3.63) is 44.8 Å². The summed E-state index contributed by atoms with van der Waals surface area (Å²) in [5.41, 5.74) is -2.38. The summed E-state index contributed by atoms with van der Waals surface area (Å²) in [6.07, 6.45) is -3.10. The molecule has 0 amide bonds. The van der Waals surface area contributed by atoms with Crippen molar-refractivity contribution < 1.29 is 37.7 Å². The number of aliphatic hydroxyl groups is 2. The maximum absolute atomic E-state index is 13.7. The average molecular weight is 576 g/mol. The average Bonchev–Trinajstić information content (AvgIpc) is 3.23. The number of cyclic esters (lactones) is 1. The molecule has 1 aromatic rings. The van der Waals surface area contributed by atoms with Crippen LogP contribution >= 0.6 is 23.1 Å². The van der Waals surface area contributed by atoms with E-state index in [4.69, 9.17) is 4.74 Å². The summed E-state index contributed by atoms with van der Waals surface area (Å²) in [7, 11) is 0. The van der Waals surface area contributed by atoms with Crippen molar-refractivity contribution in [2.24, 2.45) is 17.3 Å². The molecule has 0 spiro atoms. The van der Waals surface area contributed by atoms with Crippen LogP contribution in [0.4, 0.5) is 13.2 Å². The highest BCUT2D eigenvalue weighted by atomic mass is 32.2. The predicted molar refractivity (Wildman–Crippen MR) is 144 cm³/mol. The number of carbonyl (C=O) groups excluding carboxylic acids is 2. The van der Waals surface area contributed by atoms with Crippen LogP contribution in [0, 0.1) is 24.2 Å². The molecular weight excluding hydrogens is 539 g/mol. The van der Waals surface area contributed by atoms with Crippen molar-refractivity contribution in [3.63, 3.8) is 0 Å². The zero-order valence-electron chi connectivity index (χ0n) is 22.4. The first kappa shape index (κ1) is 32.3. The lowest BCUT2D eigenvalue weighted by molar-refractivity contribution is -0.151. The number of hydrogen-bond acceptors (Lipinski definition) is 8. The molecule has 11 heteroatoms. The van der Waals surface area contributed by atoms with Crippen LogP contribution in [0.3, 0.4) is 0 Å². The summed E-state index contributed by atoms with van der Waals surface area (Å²) in [6.45, 7) is 9.70. The van der Waals surface area contributed by atoms with E-state index in [2.05, 4.69) is 4.98 Å². The Labute approximate surface area is 230 Å². The number of aryl methyl sites for hydroxylation is 1. The highest BCUT2D eigenvalue weighted by Gasteiger charge is 2.42. The minimum Gasteiger partial charge on any atom is -0.446 e. The number of allylic oxidation sites excluding steroid dienone is 3. The SMILES string of the molecule is C/C(=C\c1csc(C)n1)[C@H]1OC(=O)C[C@H](O)C(C)(C)C(=O)[C@H](C)[C@@H](O)[C@@H](C)CC/C=C\C(C(F)(F)F)=C/S1. The number of thioether (sulfide) groups is 1. The lowest BCUT2D eigenvalue weighted by Gasteiger charge is -2.34. The number of nitrogens with zero attached hydrogens (tertiary/aromatic N) is 1. The van der Waals surface area contributed by atoms with Gasteiger partial charge >= 0.3 is 12.1 Å². The molecule has 0 unspecified atom stereocenters. The van der Waals surface area contributed by atoms with Crippen molar-refractivity contribution in [1.29, 1.82) is 0 Å². The third kappa shape index (κ3) is 8.79. The normalized spacial score (nSPS) is 31.2. The molecule has 0 aliphatic carbocycles. The molecule has 0 saturated carbocycles. The number of aliphatic hydroxyl groups excluding tert-OH is 2. The number of hydrogen-bond donors (Lipinski definition) is 2. The number of ketones is 1. The van der Waals surface area contributed by atoms with E-state index in [-0.39, 0.29) is 12.3 Å². The fourth-order valence-corrected chi connectivity index (χ4v) is 5.53. The number of Topliss-reactive ketones (excluding diaryl/α,β-unsaturated/α-hetero) is 1. The molecule has 0 fully saturated rings. The number of aromatic nitrogens is 1. The van der Waals surface area contributed by atoms with Gasteiger partial charge in [0, 0.05) is 11.3 Å². The summed E-state index contributed by atoms with van der Waals surface area (Å²) in [6, 6.07) is 0. The molecule has 2 heterocycles. The second kappa shape index (κ2) is 13.4.